The molecule has 8 nitrogen and oxygen atoms in total. The lowest BCUT2D eigenvalue weighted by Crippen LogP contribution is -1.86. The number of hydrogen-bond acceptors (Lipinski definition) is 6. The molecule has 4 aromatic rings. The van der Waals surface area contributed by atoms with E-state index in [4.69, 9.17) is 0 Å². The Morgan fingerprint density at radius 1 is 1.14 bits per heavy atom. The molecular weight excluding hydrogens is 304 g/mol. The molecule has 2 aromatic heterocycles. The number of fused-ring (bicyclic) bond motifs is 2. The van der Waals surface area contributed by atoms with E-state index < -0.39 is 4.92 Å². The molecule has 9 heteroatoms. The SMILES string of the molecule is O=[N+]([O-])c1ccc2c(Sc3cccc4n[nH]nc34)n[nH]c2c1. The third-order valence-electron chi connectivity index (χ3n) is 3.24. The van der Waals surface area contributed by atoms with Crippen LogP contribution < -0.4 is 0 Å². The molecule has 2 N–H and O–H groups in total. The molecule has 4 rings (SSSR count). The van der Waals surface area contributed by atoms with Crippen molar-refractivity contribution in [2.45, 2.75) is 9.92 Å². The summed E-state index contributed by atoms with van der Waals surface area (Å²) in [6, 6.07) is 10.3. The van der Waals surface area contributed by atoms with Crippen molar-refractivity contribution in [3.05, 3.63) is 46.5 Å². The predicted molar refractivity (Wildman–Crippen MR) is 80.8 cm³/mol. The fraction of sp³-hybridized carbons (Fsp3) is 0. The summed E-state index contributed by atoms with van der Waals surface area (Å²) in [6.07, 6.45) is 0. The first-order chi connectivity index (χ1) is 10.7. The number of para-hydroxylation sites is 1. The van der Waals surface area contributed by atoms with Crippen LogP contribution in [-0.2, 0) is 0 Å². The molecule has 0 unspecified atom stereocenters. The van der Waals surface area contributed by atoms with Gasteiger partial charge in [-0.05, 0) is 18.2 Å². The molecule has 0 saturated carbocycles. The monoisotopic (exact) mass is 312 g/mol. The number of aromatic nitrogens is 5. The second-order valence-electron chi connectivity index (χ2n) is 4.57. The van der Waals surface area contributed by atoms with Crippen molar-refractivity contribution in [3.63, 3.8) is 0 Å². The van der Waals surface area contributed by atoms with Gasteiger partial charge in [0.1, 0.15) is 16.1 Å². The van der Waals surface area contributed by atoms with Gasteiger partial charge in [-0.1, -0.05) is 17.8 Å². The van der Waals surface area contributed by atoms with E-state index in [-0.39, 0.29) is 5.69 Å². The van der Waals surface area contributed by atoms with Gasteiger partial charge in [0.05, 0.1) is 10.4 Å². The third-order valence-corrected chi connectivity index (χ3v) is 4.29. The number of rotatable bonds is 3. The van der Waals surface area contributed by atoms with Crippen LogP contribution in [0.4, 0.5) is 5.69 Å². The Hall–Kier alpha value is -2.94. The fourth-order valence-corrected chi connectivity index (χ4v) is 3.18. The number of non-ortho nitro benzene ring substituents is 1. The highest BCUT2D eigenvalue weighted by molar-refractivity contribution is 7.99. The summed E-state index contributed by atoms with van der Waals surface area (Å²) < 4.78 is 0. The Morgan fingerprint density at radius 3 is 2.91 bits per heavy atom. The minimum absolute atomic E-state index is 0.0336. The van der Waals surface area contributed by atoms with Crippen LogP contribution in [0, 0.1) is 10.1 Å². The van der Waals surface area contributed by atoms with Crippen LogP contribution in [-0.4, -0.2) is 30.5 Å². The highest BCUT2D eigenvalue weighted by atomic mass is 32.2. The van der Waals surface area contributed by atoms with Crippen molar-refractivity contribution < 1.29 is 4.92 Å². The molecule has 108 valence electrons. The zero-order valence-electron chi connectivity index (χ0n) is 11.0. The van der Waals surface area contributed by atoms with Crippen molar-refractivity contribution >= 4 is 39.4 Å². The summed E-state index contributed by atoms with van der Waals surface area (Å²) in [7, 11) is 0. The number of benzene rings is 2. The molecule has 0 aliphatic rings. The second-order valence-corrected chi connectivity index (χ2v) is 5.60. The molecule has 2 aromatic carbocycles. The Morgan fingerprint density at radius 2 is 2.05 bits per heavy atom. The van der Waals surface area contributed by atoms with E-state index in [1.165, 1.54) is 23.9 Å². The molecule has 0 spiro atoms. The number of nitrogens with one attached hydrogen (secondary N) is 2. The minimum atomic E-state index is -0.427. The zero-order valence-corrected chi connectivity index (χ0v) is 11.8. The van der Waals surface area contributed by atoms with E-state index in [1.807, 2.05) is 18.2 Å². The molecule has 0 aliphatic carbocycles. The summed E-state index contributed by atoms with van der Waals surface area (Å²) in [5.74, 6) is 0. The van der Waals surface area contributed by atoms with Gasteiger partial charge in [0.15, 0.2) is 0 Å². The van der Waals surface area contributed by atoms with Gasteiger partial charge in [0.25, 0.3) is 5.69 Å². The first kappa shape index (κ1) is 12.8. The van der Waals surface area contributed by atoms with E-state index in [0.29, 0.717) is 5.52 Å². The zero-order chi connectivity index (χ0) is 15.1. The van der Waals surface area contributed by atoms with Gasteiger partial charge in [0.2, 0.25) is 0 Å². The summed E-state index contributed by atoms with van der Waals surface area (Å²) >= 11 is 1.44. The van der Waals surface area contributed by atoms with Gasteiger partial charge in [0, 0.05) is 22.4 Å². The van der Waals surface area contributed by atoms with Crippen molar-refractivity contribution in [2.75, 3.05) is 0 Å². The van der Waals surface area contributed by atoms with Crippen molar-refractivity contribution in [1.82, 2.24) is 25.6 Å². The van der Waals surface area contributed by atoms with Crippen molar-refractivity contribution in [3.8, 4) is 0 Å². The molecule has 0 bridgehead atoms. The molecule has 0 atom stereocenters. The maximum absolute atomic E-state index is 10.8. The Kier molecular flexibility index (Phi) is 2.79. The van der Waals surface area contributed by atoms with Crippen LogP contribution in [0.15, 0.2) is 46.3 Å². The maximum Gasteiger partial charge on any atom is 0.271 e. The fourth-order valence-electron chi connectivity index (χ4n) is 2.20. The summed E-state index contributed by atoms with van der Waals surface area (Å²) in [5.41, 5.74) is 2.21. The Labute approximate surface area is 127 Å². The van der Waals surface area contributed by atoms with Crippen LogP contribution in [0.1, 0.15) is 0 Å². The molecule has 0 fully saturated rings. The van der Waals surface area contributed by atoms with Crippen molar-refractivity contribution in [1.29, 1.82) is 0 Å². The quantitative estimate of drug-likeness (QED) is 0.444. The predicted octanol–water partition coefficient (Wildman–Crippen LogP) is 2.89. The van der Waals surface area contributed by atoms with Crippen LogP contribution in [0.2, 0.25) is 0 Å². The minimum Gasteiger partial charge on any atom is -0.276 e. The van der Waals surface area contributed by atoms with Crippen molar-refractivity contribution in [2.24, 2.45) is 0 Å². The summed E-state index contributed by atoms with van der Waals surface area (Å²) in [5, 5.41) is 30.2. The molecule has 0 radical (unpaired) electrons. The van der Waals surface area contributed by atoms with E-state index in [1.54, 1.807) is 6.07 Å². The number of aromatic amines is 2. The summed E-state index contributed by atoms with van der Waals surface area (Å²) in [6.45, 7) is 0. The molecule has 0 amide bonds. The number of nitro groups is 1. The van der Waals surface area contributed by atoms with Gasteiger partial charge < -0.3 is 0 Å². The Bertz CT molecular complexity index is 1010. The molecule has 22 heavy (non-hydrogen) atoms. The maximum atomic E-state index is 10.8. The lowest BCUT2D eigenvalue weighted by molar-refractivity contribution is -0.384. The largest absolute Gasteiger partial charge is 0.276 e. The molecular formula is C13H8N6O2S. The summed E-state index contributed by atoms with van der Waals surface area (Å²) in [4.78, 5) is 11.3. The smallest absolute Gasteiger partial charge is 0.271 e. The van der Waals surface area contributed by atoms with E-state index >= 15 is 0 Å². The van der Waals surface area contributed by atoms with E-state index in [9.17, 15) is 10.1 Å². The highest BCUT2D eigenvalue weighted by Crippen LogP contribution is 2.35. The van der Waals surface area contributed by atoms with Gasteiger partial charge >= 0.3 is 0 Å². The topological polar surface area (TPSA) is 113 Å². The van der Waals surface area contributed by atoms with Crippen LogP contribution in [0.25, 0.3) is 21.9 Å². The number of nitro benzene ring substituents is 1. The highest BCUT2D eigenvalue weighted by Gasteiger charge is 2.14. The molecule has 2 heterocycles. The average molecular weight is 312 g/mol. The normalized spacial score (nSPS) is 11.3. The lowest BCUT2D eigenvalue weighted by atomic mass is 10.2. The third kappa shape index (κ3) is 1.99. The second kappa shape index (κ2) is 4.81. The van der Waals surface area contributed by atoms with E-state index in [0.717, 1.165) is 26.3 Å². The van der Waals surface area contributed by atoms with Crippen LogP contribution in [0.5, 0.6) is 0 Å². The van der Waals surface area contributed by atoms with Gasteiger partial charge in [-0.2, -0.15) is 20.5 Å². The first-order valence-corrected chi connectivity index (χ1v) is 7.14. The number of nitrogens with zero attached hydrogens (tertiary/aromatic N) is 4. The first-order valence-electron chi connectivity index (χ1n) is 6.32. The van der Waals surface area contributed by atoms with Gasteiger partial charge in [-0.15, -0.1) is 0 Å². The Balaban J connectivity index is 1.78. The van der Waals surface area contributed by atoms with Gasteiger partial charge in [-0.3, -0.25) is 15.2 Å². The molecule has 0 saturated heterocycles. The number of hydrogen-bond donors (Lipinski definition) is 2. The van der Waals surface area contributed by atoms with E-state index in [2.05, 4.69) is 25.6 Å². The lowest BCUT2D eigenvalue weighted by Gasteiger charge is -1.99. The van der Waals surface area contributed by atoms with Crippen LogP contribution in [0.3, 0.4) is 0 Å². The molecule has 0 aliphatic heterocycles. The average Bonchev–Trinajstić information content (AvgIpc) is 3.14. The van der Waals surface area contributed by atoms with Crippen LogP contribution >= 0.6 is 11.8 Å². The standard InChI is InChI=1S/C13H8N6O2S/c20-19(21)7-4-5-8-10(6-7)14-17-13(8)22-11-3-1-2-9-12(11)16-18-15-9/h1-6H,(H,14,17)(H,15,16,18). The number of H-pyrrole nitrogens is 2. The van der Waals surface area contributed by atoms with Gasteiger partial charge in [-0.25, -0.2) is 0 Å².